The third kappa shape index (κ3) is 3.68. The smallest absolute Gasteiger partial charge is 0.339 e. The van der Waals surface area contributed by atoms with E-state index in [-0.39, 0.29) is 22.4 Å². The maximum atomic E-state index is 12.9. The lowest BCUT2D eigenvalue weighted by molar-refractivity contribution is -0.00645. The van der Waals surface area contributed by atoms with E-state index in [9.17, 15) is 4.79 Å². The van der Waals surface area contributed by atoms with Crippen LogP contribution < -0.4 is 0 Å². The second-order valence-electron chi connectivity index (χ2n) is 8.26. The maximum Gasteiger partial charge on any atom is 0.339 e. The van der Waals surface area contributed by atoms with Gasteiger partial charge < -0.3 is 4.74 Å². The highest BCUT2D eigenvalue weighted by Crippen LogP contribution is 2.42. The molecule has 0 bridgehead atoms. The van der Waals surface area contributed by atoms with E-state index in [4.69, 9.17) is 11.2 Å². The molecule has 1 aromatic heterocycles. The minimum absolute atomic E-state index is 0.0176. The molecule has 1 heterocycles. The molecule has 0 amide bonds. The normalized spacial score (nSPS) is 19.2. The molecule has 30 heavy (non-hydrogen) atoms. The van der Waals surface area contributed by atoms with Crippen molar-refractivity contribution in [3.05, 3.63) is 77.2 Å². The van der Waals surface area contributed by atoms with Crippen molar-refractivity contribution < 1.29 is 9.53 Å². The van der Waals surface area contributed by atoms with Crippen LogP contribution in [0.5, 0.6) is 0 Å². The molecule has 2 aromatic carbocycles. The van der Waals surface area contributed by atoms with E-state index in [0.717, 1.165) is 31.3 Å². The van der Waals surface area contributed by atoms with E-state index in [1.54, 1.807) is 0 Å². The molecule has 1 fully saturated rings. The second-order valence-corrected chi connectivity index (χ2v) is 10.1. The third-order valence-corrected chi connectivity index (χ3v) is 8.38. The highest BCUT2D eigenvalue weighted by molar-refractivity contribution is 7.43. The van der Waals surface area contributed by atoms with Crippen LogP contribution in [0.15, 0.2) is 66.1 Å². The summed E-state index contributed by atoms with van der Waals surface area (Å²) in [6, 6.07) is 16.3. The van der Waals surface area contributed by atoms with Crippen molar-refractivity contribution in [1.29, 1.82) is 0 Å². The van der Waals surface area contributed by atoms with Crippen molar-refractivity contribution in [1.82, 2.24) is 0 Å². The summed E-state index contributed by atoms with van der Waals surface area (Å²) < 4.78 is 7.21. The van der Waals surface area contributed by atoms with Gasteiger partial charge in [-0.1, -0.05) is 36.6 Å². The number of benzene rings is 2. The van der Waals surface area contributed by atoms with Gasteiger partial charge in [0.15, 0.2) is 15.2 Å². The van der Waals surface area contributed by atoms with E-state index in [2.05, 4.69) is 49.1 Å². The lowest BCUT2D eigenvalue weighted by Gasteiger charge is -2.36. The van der Waals surface area contributed by atoms with Crippen molar-refractivity contribution in [3.8, 4) is 17.2 Å². The van der Waals surface area contributed by atoms with Crippen LogP contribution in [0.1, 0.15) is 48.5 Å². The van der Waals surface area contributed by atoms with Gasteiger partial charge in [0.2, 0.25) is 0 Å². The number of esters is 1. The Hall–Kier alpha value is -2.83. The lowest BCUT2D eigenvalue weighted by Crippen LogP contribution is -2.40. The molecule has 0 radical (unpaired) electrons. The average molecular weight is 416 g/mol. The maximum absolute atomic E-state index is 12.9. The Morgan fingerprint density at radius 2 is 1.93 bits per heavy atom. The molecule has 2 nitrogen and oxygen atoms in total. The number of fused-ring (bicyclic) bond motifs is 1. The van der Waals surface area contributed by atoms with Crippen LogP contribution in [0, 0.1) is 25.2 Å². The van der Waals surface area contributed by atoms with Crippen LogP contribution in [0.25, 0.3) is 15.0 Å². The fraction of sp³-hybridized carbons (Fsp3) is 0.296. The molecule has 0 aliphatic heterocycles. The Kier molecular flexibility index (Phi) is 5.54. The Morgan fingerprint density at radius 3 is 2.63 bits per heavy atom. The summed E-state index contributed by atoms with van der Waals surface area (Å²) in [7, 11) is -0.105. The van der Waals surface area contributed by atoms with Gasteiger partial charge in [-0.3, -0.25) is 0 Å². The van der Waals surface area contributed by atoms with Crippen molar-refractivity contribution in [2.45, 2.75) is 45.1 Å². The first-order valence-electron chi connectivity index (χ1n) is 10.4. The minimum Gasteiger partial charge on any atom is -0.442 e. The molecule has 3 unspecified atom stereocenters. The number of carbonyl (C=O) groups excluding carboxylic acids is 1. The number of thiophene rings is 1. The molecule has 3 heteroatoms. The molecule has 3 aromatic rings. The Bertz CT molecular complexity index is 1150. The zero-order chi connectivity index (χ0) is 21.3. The van der Waals surface area contributed by atoms with Crippen LogP contribution >= 0.6 is 10.5 Å². The standard InChI is InChI=1S/C27H27O2S/c1-5-27(4,24-12-8-6-10-19(24)2)29-26(28)21-14-16-22(17-15-21)30-18-20(3)23-11-7-9-13-25(23)30/h1,7,9,11,13-18,24H,2,6,8,10,12H2,3-4H3/q+1. The van der Waals surface area contributed by atoms with Gasteiger partial charge in [0.25, 0.3) is 0 Å². The molecular formula is C27H27O2S+. The zero-order valence-corrected chi connectivity index (χ0v) is 18.4. The second kappa shape index (κ2) is 8.13. The van der Waals surface area contributed by atoms with E-state index < -0.39 is 5.60 Å². The van der Waals surface area contributed by atoms with Crippen molar-refractivity contribution in [2.75, 3.05) is 0 Å². The van der Waals surface area contributed by atoms with Gasteiger partial charge in [-0.2, -0.15) is 0 Å². The number of hydrogen-bond acceptors (Lipinski definition) is 2. The Labute approximate surface area is 181 Å². The molecule has 1 aliphatic rings. The van der Waals surface area contributed by atoms with Crippen LogP contribution in [0.3, 0.4) is 0 Å². The monoisotopic (exact) mass is 415 g/mol. The van der Waals surface area contributed by atoms with Crippen LogP contribution in [0.2, 0.25) is 0 Å². The number of hydrogen-bond donors (Lipinski definition) is 0. The first kappa shape index (κ1) is 20.4. The number of ether oxygens (including phenoxy) is 1. The van der Waals surface area contributed by atoms with E-state index in [1.807, 2.05) is 31.2 Å². The number of carbonyl (C=O) groups is 1. The highest BCUT2D eigenvalue weighted by atomic mass is 32.2. The van der Waals surface area contributed by atoms with Gasteiger partial charge in [-0.25, -0.2) is 4.79 Å². The summed E-state index contributed by atoms with van der Waals surface area (Å²) in [6.45, 7) is 8.17. The third-order valence-electron chi connectivity index (χ3n) is 6.18. The predicted molar refractivity (Wildman–Crippen MR) is 126 cm³/mol. The quantitative estimate of drug-likeness (QED) is 0.195. The molecule has 4 rings (SSSR count). The van der Waals surface area contributed by atoms with E-state index in [1.165, 1.54) is 20.5 Å². The molecule has 0 spiro atoms. The van der Waals surface area contributed by atoms with Gasteiger partial charge >= 0.3 is 5.97 Å². The summed E-state index contributed by atoms with van der Waals surface area (Å²) in [5, 5.41) is 3.61. The highest BCUT2D eigenvalue weighted by Gasteiger charge is 2.39. The SMILES string of the molecule is C#CC(C)(OC(=O)c1ccc(-[s+]2cc(C)c3ccccc32)cc1)C1CCCCC1=C. The van der Waals surface area contributed by atoms with Crippen molar-refractivity contribution >= 4 is 26.5 Å². The molecule has 0 N–H and O–H groups in total. The van der Waals surface area contributed by atoms with Crippen LogP contribution in [-0.4, -0.2) is 11.6 Å². The molecule has 3 atom stereocenters. The first-order chi connectivity index (χ1) is 14.4. The zero-order valence-electron chi connectivity index (χ0n) is 17.6. The number of rotatable bonds is 4. The van der Waals surface area contributed by atoms with E-state index in [0.29, 0.717) is 5.56 Å². The van der Waals surface area contributed by atoms with Gasteiger partial charge in [-0.05, 0) is 69.5 Å². The fourth-order valence-corrected chi connectivity index (χ4v) is 6.54. The van der Waals surface area contributed by atoms with Crippen LogP contribution in [0.4, 0.5) is 0 Å². The summed E-state index contributed by atoms with van der Waals surface area (Å²) in [6.07, 6.45) is 9.90. The number of terminal acetylenes is 1. The van der Waals surface area contributed by atoms with Crippen molar-refractivity contribution in [2.24, 2.45) is 5.92 Å². The first-order valence-corrected chi connectivity index (χ1v) is 11.7. The fourth-order valence-electron chi connectivity index (χ4n) is 4.42. The number of aryl methyl sites for hydroxylation is 1. The van der Waals surface area contributed by atoms with Gasteiger partial charge in [0, 0.05) is 27.3 Å². The summed E-state index contributed by atoms with van der Waals surface area (Å²) in [4.78, 5) is 14.1. The molecule has 0 saturated heterocycles. The van der Waals surface area contributed by atoms with Gasteiger partial charge in [-0.15, -0.1) is 6.42 Å². The summed E-state index contributed by atoms with van der Waals surface area (Å²) >= 11 is 0. The summed E-state index contributed by atoms with van der Waals surface area (Å²) in [5.74, 6) is 2.39. The average Bonchev–Trinajstić information content (AvgIpc) is 3.11. The lowest BCUT2D eigenvalue weighted by atomic mass is 9.75. The van der Waals surface area contributed by atoms with E-state index >= 15 is 0 Å². The molecule has 152 valence electrons. The summed E-state index contributed by atoms with van der Waals surface area (Å²) in [5.41, 5.74) is 1.96. The van der Waals surface area contributed by atoms with Crippen molar-refractivity contribution in [3.63, 3.8) is 0 Å². The molecule has 1 aliphatic carbocycles. The Morgan fingerprint density at radius 1 is 1.20 bits per heavy atom. The van der Waals surface area contributed by atoms with Gasteiger partial charge in [0.1, 0.15) is 5.38 Å². The Balaban J connectivity index is 1.57. The largest absolute Gasteiger partial charge is 0.442 e. The predicted octanol–water partition coefficient (Wildman–Crippen LogP) is 7.18. The molecule has 1 saturated carbocycles. The van der Waals surface area contributed by atoms with Gasteiger partial charge in [0.05, 0.1) is 5.56 Å². The van der Waals surface area contributed by atoms with Crippen LogP contribution in [-0.2, 0) is 4.74 Å². The minimum atomic E-state index is -0.959. The topological polar surface area (TPSA) is 26.3 Å². The molecular weight excluding hydrogens is 388 g/mol.